The molecular weight excluding hydrogens is 284 g/mol. The molecule has 0 saturated carbocycles. The molecule has 0 aliphatic carbocycles. The maximum atomic E-state index is 5.59. The van der Waals surface area contributed by atoms with Crippen LogP contribution in [0.4, 0.5) is 11.8 Å². The molecule has 116 valence electrons. The van der Waals surface area contributed by atoms with Crippen molar-refractivity contribution in [1.29, 1.82) is 0 Å². The Kier molecular flexibility index (Phi) is 6.20. The van der Waals surface area contributed by atoms with Crippen LogP contribution in [-0.2, 0) is 4.74 Å². The summed E-state index contributed by atoms with van der Waals surface area (Å²) in [5.41, 5.74) is 0. The van der Waals surface area contributed by atoms with Gasteiger partial charge in [-0.2, -0.15) is 4.98 Å². The van der Waals surface area contributed by atoms with Gasteiger partial charge in [0.1, 0.15) is 10.6 Å². The van der Waals surface area contributed by atoms with E-state index in [1.165, 1.54) is 0 Å². The molecule has 0 bridgehead atoms. The molecule has 2 aromatic rings. The van der Waals surface area contributed by atoms with Crippen LogP contribution in [0.15, 0.2) is 11.4 Å². The summed E-state index contributed by atoms with van der Waals surface area (Å²) in [4.78, 5) is 10.1. The molecule has 0 radical (unpaired) electrons. The Balaban J connectivity index is 1.98. The van der Waals surface area contributed by atoms with Crippen molar-refractivity contribution < 1.29 is 4.74 Å². The molecule has 0 aliphatic rings. The molecule has 0 saturated heterocycles. The van der Waals surface area contributed by atoms with E-state index >= 15 is 0 Å². The number of fused-ring (bicyclic) bond motifs is 1. The van der Waals surface area contributed by atoms with Crippen molar-refractivity contribution in [2.24, 2.45) is 5.92 Å². The third-order valence-electron chi connectivity index (χ3n) is 2.85. The Bertz CT molecular complexity index is 556. The first-order valence-electron chi connectivity index (χ1n) is 7.51. The van der Waals surface area contributed by atoms with E-state index in [0.29, 0.717) is 18.5 Å². The Labute approximate surface area is 130 Å². The normalized spacial score (nSPS) is 11.2. The number of hydrogen-bond acceptors (Lipinski definition) is 6. The van der Waals surface area contributed by atoms with Crippen LogP contribution in [0.5, 0.6) is 0 Å². The highest BCUT2D eigenvalue weighted by atomic mass is 32.1. The topological polar surface area (TPSA) is 59.1 Å². The van der Waals surface area contributed by atoms with Crippen LogP contribution in [0.1, 0.15) is 27.2 Å². The standard InChI is InChI=1S/C15H24N4OS/c1-4-6-17-15-18-13(12-5-9-21-14(12)19-15)16-7-8-20-10-11(2)3/h5,9,11H,4,6-8,10H2,1-3H3,(H2,16,17,18,19). The van der Waals surface area contributed by atoms with E-state index in [-0.39, 0.29) is 0 Å². The molecule has 2 heterocycles. The number of nitrogens with zero attached hydrogens (tertiary/aromatic N) is 2. The molecule has 0 aromatic carbocycles. The highest BCUT2D eigenvalue weighted by Gasteiger charge is 2.08. The maximum absolute atomic E-state index is 5.59. The van der Waals surface area contributed by atoms with Crippen LogP contribution >= 0.6 is 11.3 Å². The molecule has 0 atom stereocenters. The molecule has 0 fully saturated rings. The van der Waals surface area contributed by atoms with Crippen LogP contribution < -0.4 is 10.6 Å². The smallest absolute Gasteiger partial charge is 0.226 e. The van der Waals surface area contributed by atoms with Gasteiger partial charge in [-0.1, -0.05) is 20.8 Å². The fourth-order valence-corrected chi connectivity index (χ4v) is 2.63. The average Bonchev–Trinajstić information content (AvgIpc) is 2.92. The predicted octanol–water partition coefficient (Wildman–Crippen LogP) is 3.60. The number of anilines is 2. The molecule has 2 N–H and O–H groups in total. The zero-order valence-corrected chi connectivity index (χ0v) is 13.8. The van der Waals surface area contributed by atoms with Crippen LogP contribution in [0.25, 0.3) is 10.2 Å². The van der Waals surface area contributed by atoms with E-state index in [2.05, 4.69) is 47.4 Å². The quantitative estimate of drug-likeness (QED) is 0.693. The van der Waals surface area contributed by atoms with Gasteiger partial charge in [-0.3, -0.25) is 0 Å². The van der Waals surface area contributed by atoms with Gasteiger partial charge < -0.3 is 15.4 Å². The molecule has 6 heteroatoms. The highest BCUT2D eigenvalue weighted by Crippen LogP contribution is 2.26. The SMILES string of the molecule is CCCNc1nc(NCCOCC(C)C)c2ccsc2n1. The van der Waals surface area contributed by atoms with Crippen LogP contribution in [0.3, 0.4) is 0 Å². The number of nitrogens with one attached hydrogen (secondary N) is 2. The predicted molar refractivity (Wildman–Crippen MR) is 90.3 cm³/mol. The van der Waals surface area contributed by atoms with Crippen molar-refractivity contribution >= 4 is 33.3 Å². The van der Waals surface area contributed by atoms with Gasteiger partial charge in [0.15, 0.2) is 0 Å². The third kappa shape index (κ3) is 4.82. The van der Waals surface area contributed by atoms with Gasteiger partial charge >= 0.3 is 0 Å². The summed E-state index contributed by atoms with van der Waals surface area (Å²) in [6.45, 7) is 9.54. The molecule has 0 unspecified atom stereocenters. The number of hydrogen-bond donors (Lipinski definition) is 2. The van der Waals surface area contributed by atoms with Gasteiger partial charge in [0.25, 0.3) is 0 Å². The van der Waals surface area contributed by atoms with Gasteiger partial charge in [0.05, 0.1) is 12.0 Å². The second-order valence-electron chi connectivity index (χ2n) is 5.36. The Morgan fingerprint density at radius 3 is 2.86 bits per heavy atom. The fraction of sp³-hybridized carbons (Fsp3) is 0.600. The lowest BCUT2D eigenvalue weighted by Gasteiger charge is -2.11. The first-order chi connectivity index (χ1) is 10.2. The molecule has 2 aromatic heterocycles. The van der Waals surface area contributed by atoms with E-state index in [9.17, 15) is 0 Å². The van der Waals surface area contributed by atoms with Gasteiger partial charge in [-0.05, 0) is 23.8 Å². The first kappa shape index (κ1) is 16.0. The largest absolute Gasteiger partial charge is 0.379 e. The Morgan fingerprint density at radius 2 is 2.10 bits per heavy atom. The summed E-state index contributed by atoms with van der Waals surface area (Å²) in [7, 11) is 0. The summed E-state index contributed by atoms with van der Waals surface area (Å²) >= 11 is 1.63. The van der Waals surface area contributed by atoms with E-state index < -0.39 is 0 Å². The lowest BCUT2D eigenvalue weighted by atomic mass is 10.2. The molecule has 2 rings (SSSR count). The van der Waals surface area contributed by atoms with Gasteiger partial charge in [0.2, 0.25) is 5.95 Å². The number of ether oxygens (including phenoxy) is 1. The van der Waals surface area contributed by atoms with Crippen molar-refractivity contribution in [3.8, 4) is 0 Å². The molecule has 0 spiro atoms. The summed E-state index contributed by atoms with van der Waals surface area (Å²) < 4.78 is 5.59. The average molecular weight is 308 g/mol. The number of thiophene rings is 1. The molecule has 21 heavy (non-hydrogen) atoms. The number of aromatic nitrogens is 2. The minimum atomic E-state index is 0.567. The van der Waals surface area contributed by atoms with Crippen LogP contribution in [0.2, 0.25) is 0 Å². The monoisotopic (exact) mass is 308 g/mol. The van der Waals surface area contributed by atoms with Gasteiger partial charge in [-0.25, -0.2) is 4.98 Å². The second kappa shape index (κ2) is 8.14. The lowest BCUT2D eigenvalue weighted by molar-refractivity contribution is 0.118. The Morgan fingerprint density at radius 1 is 1.24 bits per heavy atom. The molecule has 0 amide bonds. The lowest BCUT2D eigenvalue weighted by Crippen LogP contribution is -2.14. The van der Waals surface area contributed by atoms with E-state index in [4.69, 9.17) is 4.74 Å². The van der Waals surface area contributed by atoms with Crippen molar-refractivity contribution in [3.05, 3.63) is 11.4 Å². The van der Waals surface area contributed by atoms with Crippen molar-refractivity contribution in [2.45, 2.75) is 27.2 Å². The van der Waals surface area contributed by atoms with Crippen molar-refractivity contribution in [2.75, 3.05) is 36.9 Å². The van der Waals surface area contributed by atoms with Crippen molar-refractivity contribution in [1.82, 2.24) is 9.97 Å². The minimum absolute atomic E-state index is 0.567. The minimum Gasteiger partial charge on any atom is -0.379 e. The van der Waals surface area contributed by atoms with E-state index in [0.717, 1.165) is 42.2 Å². The molecule has 0 aliphatic heterocycles. The molecule has 5 nitrogen and oxygen atoms in total. The third-order valence-corrected chi connectivity index (χ3v) is 3.65. The molecular formula is C15H24N4OS. The highest BCUT2D eigenvalue weighted by molar-refractivity contribution is 7.16. The summed E-state index contributed by atoms with van der Waals surface area (Å²) in [5, 5.41) is 9.72. The maximum Gasteiger partial charge on any atom is 0.226 e. The summed E-state index contributed by atoms with van der Waals surface area (Å²) in [6.07, 6.45) is 1.05. The van der Waals surface area contributed by atoms with Crippen LogP contribution in [0, 0.1) is 5.92 Å². The second-order valence-corrected chi connectivity index (χ2v) is 6.25. The summed E-state index contributed by atoms with van der Waals surface area (Å²) in [5.74, 6) is 2.14. The number of rotatable bonds is 9. The summed E-state index contributed by atoms with van der Waals surface area (Å²) in [6, 6.07) is 2.06. The zero-order chi connectivity index (χ0) is 15.1. The van der Waals surface area contributed by atoms with Gasteiger partial charge in [-0.15, -0.1) is 11.3 Å². The van der Waals surface area contributed by atoms with Crippen LogP contribution in [-0.4, -0.2) is 36.3 Å². The van der Waals surface area contributed by atoms with Gasteiger partial charge in [0, 0.05) is 19.7 Å². The first-order valence-corrected chi connectivity index (χ1v) is 8.39. The van der Waals surface area contributed by atoms with E-state index in [1.54, 1.807) is 11.3 Å². The zero-order valence-electron chi connectivity index (χ0n) is 13.0. The van der Waals surface area contributed by atoms with E-state index in [1.807, 2.05) is 5.38 Å². The fourth-order valence-electron chi connectivity index (χ4n) is 1.87. The Hall–Kier alpha value is -1.40. The van der Waals surface area contributed by atoms with Crippen molar-refractivity contribution in [3.63, 3.8) is 0 Å².